The number of aliphatic imine (C=N–C) groups is 1. The predicted molar refractivity (Wildman–Crippen MR) is 45.6 cm³/mol. The third-order valence-corrected chi connectivity index (χ3v) is 3.06. The van der Waals surface area contributed by atoms with Crippen LogP contribution >= 0.6 is 0 Å². The normalized spacial score (nSPS) is 43.1. The Morgan fingerprint density at radius 2 is 2.38 bits per heavy atom. The Bertz CT molecular complexity index is 277. The lowest BCUT2D eigenvalue weighted by atomic mass is 9.91. The van der Waals surface area contributed by atoms with Crippen LogP contribution in [0.25, 0.3) is 0 Å². The summed E-state index contributed by atoms with van der Waals surface area (Å²) in [5, 5.41) is 8.68. The van der Waals surface area contributed by atoms with Crippen LogP contribution in [0.1, 0.15) is 19.8 Å². The fourth-order valence-corrected chi connectivity index (χ4v) is 2.34. The molecule has 1 N–H and O–H groups in total. The van der Waals surface area contributed by atoms with Crippen LogP contribution in [0.5, 0.6) is 0 Å². The molecule has 0 saturated heterocycles. The Morgan fingerprint density at radius 3 is 2.92 bits per heavy atom. The molecule has 2 rings (SSSR count). The minimum atomic E-state index is -1.30. The molecule has 4 atom stereocenters. The van der Waals surface area contributed by atoms with E-state index in [1.807, 2.05) is 6.92 Å². The molecule has 3 nitrogen and oxygen atoms in total. The Labute approximate surface area is 75.7 Å². The van der Waals surface area contributed by atoms with Gasteiger partial charge in [0.2, 0.25) is 0 Å². The Morgan fingerprint density at radius 1 is 1.69 bits per heavy atom. The fourth-order valence-electron chi connectivity index (χ4n) is 2.34. The van der Waals surface area contributed by atoms with Crippen molar-refractivity contribution in [2.75, 3.05) is 0 Å². The van der Waals surface area contributed by atoms with Crippen molar-refractivity contribution >= 4 is 11.7 Å². The van der Waals surface area contributed by atoms with Gasteiger partial charge in [0.25, 0.3) is 0 Å². The van der Waals surface area contributed by atoms with Crippen molar-refractivity contribution in [1.29, 1.82) is 0 Å². The third-order valence-electron chi connectivity index (χ3n) is 3.06. The molecular weight excluding hydrogens is 173 g/mol. The van der Waals surface area contributed by atoms with Crippen molar-refractivity contribution in [2.24, 2.45) is 16.8 Å². The number of fused-ring (bicyclic) bond motifs is 1. The van der Waals surface area contributed by atoms with Gasteiger partial charge in [-0.15, -0.1) is 0 Å². The number of carboxylic acid groups (broad SMARTS) is 1. The predicted octanol–water partition coefficient (Wildman–Crippen LogP) is 1.28. The van der Waals surface area contributed by atoms with Crippen LogP contribution in [-0.2, 0) is 4.79 Å². The van der Waals surface area contributed by atoms with Gasteiger partial charge in [0.05, 0.1) is 0 Å². The number of aliphatic carboxylic acids is 1. The lowest BCUT2D eigenvalue weighted by Crippen LogP contribution is -2.31. The van der Waals surface area contributed by atoms with Gasteiger partial charge in [0.1, 0.15) is 6.17 Å². The summed E-state index contributed by atoms with van der Waals surface area (Å²) in [6.07, 6.45) is 0.414. The van der Waals surface area contributed by atoms with Gasteiger partial charge in [-0.1, -0.05) is 6.92 Å². The van der Waals surface area contributed by atoms with Gasteiger partial charge in [0.15, 0.2) is 6.04 Å². The Hall–Kier alpha value is -0.930. The molecule has 4 heteroatoms. The summed E-state index contributed by atoms with van der Waals surface area (Å²) in [4.78, 5) is 14.5. The van der Waals surface area contributed by atoms with E-state index in [-0.39, 0.29) is 11.8 Å². The number of alkyl halides is 1. The smallest absolute Gasteiger partial charge is 0.331 e. The molecule has 1 heterocycles. The first-order valence-corrected chi connectivity index (χ1v) is 4.54. The van der Waals surface area contributed by atoms with Crippen molar-refractivity contribution < 1.29 is 14.3 Å². The summed E-state index contributed by atoms with van der Waals surface area (Å²) < 4.78 is 13.5. The molecule has 0 aromatic heterocycles. The van der Waals surface area contributed by atoms with Gasteiger partial charge < -0.3 is 5.11 Å². The fraction of sp³-hybridized carbons (Fsp3) is 0.778. The van der Waals surface area contributed by atoms with E-state index in [9.17, 15) is 9.18 Å². The summed E-state index contributed by atoms with van der Waals surface area (Å²) in [6.45, 7) is 1.96. The van der Waals surface area contributed by atoms with Crippen LogP contribution in [0.2, 0.25) is 0 Å². The lowest BCUT2D eigenvalue weighted by molar-refractivity contribution is -0.140. The van der Waals surface area contributed by atoms with Crippen molar-refractivity contribution in [3.63, 3.8) is 0 Å². The van der Waals surface area contributed by atoms with Gasteiger partial charge in [-0.25, -0.2) is 9.18 Å². The molecule has 1 saturated carbocycles. The highest BCUT2D eigenvalue weighted by Crippen LogP contribution is 2.39. The van der Waals surface area contributed by atoms with Crippen molar-refractivity contribution in [2.45, 2.75) is 32.0 Å². The number of hydrogen-bond acceptors (Lipinski definition) is 2. The average Bonchev–Trinajstić information content (AvgIpc) is 2.55. The molecule has 2 aliphatic rings. The maximum absolute atomic E-state index is 13.5. The number of carboxylic acids is 1. The number of nitrogens with zero attached hydrogens (tertiary/aromatic N) is 1. The summed E-state index contributed by atoms with van der Waals surface area (Å²) >= 11 is 0. The summed E-state index contributed by atoms with van der Waals surface area (Å²) in [5.41, 5.74) is 0.785. The number of hydrogen-bond donors (Lipinski definition) is 1. The minimum Gasteiger partial charge on any atom is -0.480 e. The topological polar surface area (TPSA) is 49.7 Å². The van der Waals surface area contributed by atoms with Crippen LogP contribution < -0.4 is 0 Å². The van der Waals surface area contributed by atoms with Crippen molar-refractivity contribution in [3.8, 4) is 0 Å². The molecule has 0 spiro atoms. The first-order valence-electron chi connectivity index (χ1n) is 4.54. The van der Waals surface area contributed by atoms with E-state index in [2.05, 4.69) is 4.99 Å². The number of rotatable bonds is 1. The van der Waals surface area contributed by atoms with Crippen molar-refractivity contribution in [1.82, 2.24) is 0 Å². The van der Waals surface area contributed by atoms with E-state index in [4.69, 9.17) is 5.11 Å². The highest BCUT2D eigenvalue weighted by molar-refractivity contribution is 5.95. The summed E-state index contributed by atoms with van der Waals surface area (Å²) in [5.74, 6) is -1.11. The lowest BCUT2D eigenvalue weighted by Gasteiger charge is -2.15. The van der Waals surface area contributed by atoms with Crippen molar-refractivity contribution in [3.05, 3.63) is 0 Å². The highest BCUT2D eigenvalue weighted by atomic mass is 19.1. The highest BCUT2D eigenvalue weighted by Gasteiger charge is 2.47. The first kappa shape index (κ1) is 8.66. The molecule has 4 unspecified atom stereocenters. The summed E-state index contributed by atoms with van der Waals surface area (Å²) in [6, 6.07) is -1.14. The molecule has 0 amide bonds. The molecule has 13 heavy (non-hydrogen) atoms. The van der Waals surface area contributed by atoms with E-state index in [0.717, 1.165) is 18.6 Å². The van der Waals surface area contributed by atoms with E-state index in [0.29, 0.717) is 0 Å². The number of carbonyl (C=O) groups is 1. The molecule has 1 fully saturated rings. The molecule has 1 aliphatic heterocycles. The van der Waals surface area contributed by atoms with Crippen LogP contribution in [0.4, 0.5) is 4.39 Å². The quantitative estimate of drug-likeness (QED) is 0.669. The van der Waals surface area contributed by atoms with Gasteiger partial charge in [0, 0.05) is 11.6 Å². The van der Waals surface area contributed by atoms with Gasteiger partial charge in [-0.05, 0) is 18.8 Å². The standard InChI is InChI=1S/C9H12FNO2/c1-4-2-3-5-6(4)7(10)8(11-5)9(12)13/h4,6-8H,2-3H2,1H3,(H,12,13). The second kappa shape index (κ2) is 2.79. The van der Waals surface area contributed by atoms with E-state index in [1.54, 1.807) is 0 Å². The van der Waals surface area contributed by atoms with E-state index in [1.165, 1.54) is 0 Å². The maximum Gasteiger partial charge on any atom is 0.331 e. The minimum absolute atomic E-state index is 0.221. The Kier molecular flexibility index (Phi) is 1.86. The Balaban J connectivity index is 2.24. The van der Waals surface area contributed by atoms with Crippen LogP contribution in [0.15, 0.2) is 4.99 Å². The average molecular weight is 185 g/mol. The largest absolute Gasteiger partial charge is 0.480 e. The van der Waals surface area contributed by atoms with Gasteiger partial charge in [-0.3, -0.25) is 4.99 Å². The molecule has 0 aromatic carbocycles. The van der Waals surface area contributed by atoms with Gasteiger partial charge in [-0.2, -0.15) is 0 Å². The maximum atomic E-state index is 13.5. The zero-order chi connectivity index (χ0) is 9.59. The zero-order valence-corrected chi connectivity index (χ0v) is 7.40. The molecule has 0 radical (unpaired) electrons. The molecule has 1 aliphatic carbocycles. The van der Waals surface area contributed by atoms with Gasteiger partial charge >= 0.3 is 5.97 Å². The first-order chi connectivity index (χ1) is 6.11. The molecule has 0 aromatic rings. The zero-order valence-electron chi connectivity index (χ0n) is 7.40. The van der Waals surface area contributed by atoms with E-state index < -0.39 is 18.2 Å². The van der Waals surface area contributed by atoms with Crippen LogP contribution in [-0.4, -0.2) is 29.0 Å². The molecule has 72 valence electrons. The SMILES string of the molecule is CC1CCC2=NC(C(=O)O)C(F)C21. The third kappa shape index (κ3) is 1.16. The second-order valence-corrected chi connectivity index (χ2v) is 3.89. The number of halogens is 1. The second-order valence-electron chi connectivity index (χ2n) is 3.89. The molecular formula is C9H12FNO2. The van der Waals surface area contributed by atoms with Crippen LogP contribution in [0, 0.1) is 11.8 Å². The summed E-state index contributed by atoms with van der Waals surface area (Å²) in [7, 11) is 0. The molecule has 0 bridgehead atoms. The monoisotopic (exact) mass is 185 g/mol. The van der Waals surface area contributed by atoms with E-state index >= 15 is 0 Å². The van der Waals surface area contributed by atoms with Crippen LogP contribution in [0.3, 0.4) is 0 Å².